The van der Waals surface area contributed by atoms with Crippen LogP contribution in [0.3, 0.4) is 0 Å². The molecule has 0 aliphatic heterocycles. The maximum absolute atomic E-state index is 11.3. The van der Waals surface area contributed by atoms with Gasteiger partial charge < -0.3 is 4.74 Å². The minimum absolute atomic E-state index is 0.435. The van der Waals surface area contributed by atoms with Crippen LogP contribution >= 0.6 is 0 Å². The minimum Gasteiger partial charge on any atom is -0.496 e. The minimum atomic E-state index is 0.435. The third-order valence-corrected chi connectivity index (χ3v) is 4.10. The summed E-state index contributed by atoms with van der Waals surface area (Å²) in [6, 6.07) is 18.4. The van der Waals surface area contributed by atoms with Gasteiger partial charge in [-0.25, -0.2) is 0 Å². The third-order valence-electron chi connectivity index (χ3n) is 4.10. The molecule has 0 atom stereocenters. The highest BCUT2D eigenvalue weighted by molar-refractivity contribution is 5.89. The zero-order chi connectivity index (χ0) is 18.6. The SMILES string of the molecule is COc1cc(-n2nnc(-c3ccccn3)n2)ccc1-c1ccccc1C=O. The molecule has 0 aliphatic carbocycles. The van der Waals surface area contributed by atoms with E-state index >= 15 is 0 Å². The van der Waals surface area contributed by atoms with Gasteiger partial charge in [-0.3, -0.25) is 9.78 Å². The summed E-state index contributed by atoms with van der Waals surface area (Å²) in [5.41, 5.74) is 3.55. The summed E-state index contributed by atoms with van der Waals surface area (Å²) in [6.45, 7) is 0. The number of rotatable bonds is 5. The quantitative estimate of drug-likeness (QED) is 0.510. The first kappa shape index (κ1) is 16.6. The molecule has 27 heavy (non-hydrogen) atoms. The third kappa shape index (κ3) is 3.18. The van der Waals surface area contributed by atoms with E-state index in [0.717, 1.165) is 17.4 Å². The number of aromatic nitrogens is 5. The standard InChI is InChI=1S/C20H15N5O2/c1-27-19-12-15(9-10-17(19)16-7-3-2-6-14(16)13-26)25-23-20(22-24-25)18-8-4-5-11-21-18/h2-13H,1H3. The molecular formula is C20H15N5O2. The van der Waals surface area contributed by atoms with Gasteiger partial charge in [0.05, 0.1) is 12.8 Å². The summed E-state index contributed by atoms with van der Waals surface area (Å²) >= 11 is 0. The Morgan fingerprint density at radius 2 is 1.85 bits per heavy atom. The van der Waals surface area contributed by atoms with E-state index in [4.69, 9.17) is 4.74 Å². The van der Waals surface area contributed by atoms with Crippen molar-refractivity contribution >= 4 is 6.29 Å². The van der Waals surface area contributed by atoms with Crippen molar-refractivity contribution in [3.05, 3.63) is 72.4 Å². The number of carbonyl (C=O) groups is 1. The number of tetrazole rings is 1. The fourth-order valence-corrected chi connectivity index (χ4v) is 2.79. The van der Waals surface area contributed by atoms with Crippen LogP contribution in [0.15, 0.2) is 66.9 Å². The number of pyridine rings is 1. The van der Waals surface area contributed by atoms with Crippen LogP contribution in [-0.4, -0.2) is 38.6 Å². The van der Waals surface area contributed by atoms with Crippen LogP contribution < -0.4 is 4.74 Å². The summed E-state index contributed by atoms with van der Waals surface area (Å²) < 4.78 is 5.54. The Balaban J connectivity index is 1.74. The van der Waals surface area contributed by atoms with Gasteiger partial charge in [0.2, 0.25) is 5.82 Å². The fourth-order valence-electron chi connectivity index (χ4n) is 2.79. The molecule has 4 rings (SSSR count). The van der Waals surface area contributed by atoms with Gasteiger partial charge in [0.25, 0.3) is 0 Å². The summed E-state index contributed by atoms with van der Waals surface area (Å²) in [5.74, 6) is 1.04. The Morgan fingerprint density at radius 1 is 1.00 bits per heavy atom. The van der Waals surface area contributed by atoms with E-state index in [-0.39, 0.29) is 0 Å². The molecule has 0 N–H and O–H groups in total. The predicted octanol–water partition coefficient (Wildman–Crippen LogP) is 3.21. The Morgan fingerprint density at radius 3 is 2.63 bits per heavy atom. The molecule has 7 nitrogen and oxygen atoms in total. The van der Waals surface area contributed by atoms with Gasteiger partial charge in [0.15, 0.2) is 6.29 Å². The molecular weight excluding hydrogens is 342 g/mol. The second-order valence-corrected chi connectivity index (χ2v) is 5.71. The molecule has 0 saturated heterocycles. The molecule has 0 unspecified atom stereocenters. The first-order valence-electron chi connectivity index (χ1n) is 8.24. The van der Waals surface area contributed by atoms with Crippen molar-refractivity contribution in [3.8, 4) is 34.1 Å². The maximum atomic E-state index is 11.3. The van der Waals surface area contributed by atoms with E-state index in [0.29, 0.717) is 28.5 Å². The molecule has 2 aromatic heterocycles. The van der Waals surface area contributed by atoms with Gasteiger partial charge in [-0.15, -0.1) is 15.0 Å². The van der Waals surface area contributed by atoms with Crippen molar-refractivity contribution in [1.29, 1.82) is 0 Å². The van der Waals surface area contributed by atoms with Crippen LogP contribution in [-0.2, 0) is 0 Å². The Kier molecular flexibility index (Phi) is 4.40. The molecule has 0 bridgehead atoms. The van der Waals surface area contributed by atoms with Crippen molar-refractivity contribution in [2.45, 2.75) is 0 Å². The van der Waals surface area contributed by atoms with Gasteiger partial charge in [0.1, 0.15) is 11.4 Å². The van der Waals surface area contributed by atoms with Gasteiger partial charge >= 0.3 is 0 Å². The second kappa shape index (κ2) is 7.17. The van der Waals surface area contributed by atoms with Crippen LogP contribution in [0.25, 0.3) is 28.3 Å². The predicted molar refractivity (Wildman–Crippen MR) is 99.8 cm³/mol. The first-order valence-corrected chi connectivity index (χ1v) is 8.24. The lowest BCUT2D eigenvalue weighted by Crippen LogP contribution is -2.01. The van der Waals surface area contributed by atoms with Crippen LogP contribution in [0, 0.1) is 0 Å². The lowest BCUT2D eigenvalue weighted by Gasteiger charge is -2.11. The largest absolute Gasteiger partial charge is 0.496 e. The summed E-state index contributed by atoms with van der Waals surface area (Å²) in [7, 11) is 1.58. The molecule has 0 amide bonds. The lowest BCUT2D eigenvalue weighted by atomic mass is 9.99. The number of hydrogen-bond donors (Lipinski definition) is 0. The van der Waals surface area contributed by atoms with Gasteiger partial charge in [-0.05, 0) is 35.0 Å². The zero-order valence-electron chi connectivity index (χ0n) is 14.5. The molecule has 4 aromatic rings. The number of benzene rings is 2. The van der Waals surface area contributed by atoms with E-state index in [1.165, 1.54) is 4.80 Å². The van der Waals surface area contributed by atoms with Crippen LogP contribution in [0.1, 0.15) is 10.4 Å². The number of ether oxygens (including phenoxy) is 1. The van der Waals surface area contributed by atoms with Crippen molar-refractivity contribution in [3.63, 3.8) is 0 Å². The number of methoxy groups -OCH3 is 1. The normalized spacial score (nSPS) is 10.6. The summed E-state index contributed by atoms with van der Waals surface area (Å²) in [6.07, 6.45) is 2.51. The molecule has 2 heterocycles. The van der Waals surface area contributed by atoms with Crippen LogP contribution in [0.2, 0.25) is 0 Å². The molecule has 7 heteroatoms. The number of carbonyl (C=O) groups excluding carboxylic acids is 1. The molecule has 132 valence electrons. The molecule has 0 aliphatic rings. The Labute approximate surface area is 155 Å². The van der Waals surface area contributed by atoms with Crippen molar-refractivity contribution in [1.82, 2.24) is 25.2 Å². The zero-order valence-corrected chi connectivity index (χ0v) is 14.5. The van der Waals surface area contributed by atoms with Gasteiger partial charge in [0, 0.05) is 23.4 Å². The molecule has 0 radical (unpaired) electrons. The number of aldehydes is 1. The molecule has 0 fully saturated rings. The summed E-state index contributed by atoms with van der Waals surface area (Å²) in [5, 5.41) is 12.5. The average molecular weight is 357 g/mol. The second-order valence-electron chi connectivity index (χ2n) is 5.71. The highest BCUT2D eigenvalue weighted by Crippen LogP contribution is 2.33. The van der Waals surface area contributed by atoms with Crippen molar-refractivity contribution in [2.24, 2.45) is 0 Å². The molecule has 2 aromatic carbocycles. The number of nitrogens with zero attached hydrogens (tertiary/aromatic N) is 5. The van der Waals surface area contributed by atoms with Crippen LogP contribution in [0.5, 0.6) is 5.75 Å². The van der Waals surface area contributed by atoms with E-state index in [2.05, 4.69) is 20.4 Å². The Hall–Kier alpha value is -3.87. The Bertz CT molecular complexity index is 1090. The fraction of sp³-hybridized carbons (Fsp3) is 0.0500. The molecule has 0 spiro atoms. The van der Waals surface area contributed by atoms with E-state index in [9.17, 15) is 4.79 Å². The first-order chi connectivity index (χ1) is 13.3. The monoisotopic (exact) mass is 357 g/mol. The smallest absolute Gasteiger partial charge is 0.223 e. The topological polar surface area (TPSA) is 82.8 Å². The van der Waals surface area contributed by atoms with E-state index < -0.39 is 0 Å². The highest BCUT2D eigenvalue weighted by Gasteiger charge is 2.13. The van der Waals surface area contributed by atoms with Crippen molar-refractivity contribution in [2.75, 3.05) is 7.11 Å². The van der Waals surface area contributed by atoms with E-state index in [1.807, 2.05) is 48.5 Å². The van der Waals surface area contributed by atoms with Crippen molar-refractivity contribution < 1.29 is 9.53 Å². The van der Waals surface area contributed by atoms with Crippen LogP contribution in [0.4, 0.5) is 0 Å². The highest BCUT2D eigenvalue weighted by atomic mass is 16.5. The van der Waals surface area contributed by atoms with E-state index in [1.54, 1.807) is 25.4 Å². The maximum Gasteiger partial charge on any atom is 0.223 e. The van der Waals surface area contributed by atoms with Gasteiger partial charge in [-0.1, -0.05) is 30.3 Å². The summed E-state index contributed by atoms with van der Waals surface area (Å²) in [4.78, 5) is 17.0. The lowest BCUT2D eigenvalue weighted by molar-refractivity contribution is 0.112. The number of hydrogen-bond acceptors (Lipinski definition) is 6. The molecule has 0 saturated carbocycles. The average Bonchev–Trinajstić information content (AvgIpc) is 3.24. The van der Waals surface area contributed by atoms with Gasteiger partial charge in [-0.2, -0.15) is 0 Å².